The van der Waals surface area contributed by atoms with E-state index < -0.39 is 4.92 Å². The first-order valence-electron chi connectivity index (χ1n) is 6.15. The molecule has 1 aromatic heterocycles. The van der Waals surface area contributed by atoms with Crippen LogP contribution in [-0.4, -0.2) is 32.5 Å². The highest BCUT2D eigenvalue weighted by molar-refractivity contribution is 5.55. The molecule has 1 saturated carbocycles. The van der Waals surface area contributed by atoms with E-state index in [0.29, 0.717) is 11.7 Å². The van der Waals surface area contributed by atoms with Crippen LogP contribution in [0.5, 0.6) is 0 Å². The average Bonchev–Trinajstić information content (AvgIpc) is 2.71. The monoisotopic (exact) mass is 254 g/mol. The molecule has 7 nitrogen and oxygen atoms in total. The Labute approximate surface area is 105 Å². The Morgan fingerprint density at radius 2 is 2.22 bits per heavy atom. The van der Waals surface area contributed by atoms with Crippen LogP contribution in [-0.2, 0) is 7.05 Å². The van der Waals surface area contributed by atoms with E-state index in [1.807, 2.05) is 0 Å². The zero-order chi connectivity index (χ0) is 13.1. The van der Waals surface area contributed by atoms with Gasteiger partial charge in [-0.25, -0.2) is 0 Å². The number of aliphatic hydroxyl groups is 1. The first-order chi connectivity index (χ1) is 8.60. The van der Waals surface area contributed by atoms with Crippen LogP contribution < -0.4 is 5.32 Å². The first kappa shape index (κ1) is 12.8. The summed E-state index contributed by atoms with van der Waals surface area (Å²) in [5.41, 5.74) is 0.0155. The molecule has 0 bridgehead atoms. The lowest BCUT2D eigenvalue weighted by molar-refractivity contribution is -0.384. The number of nitrogens with one attached hydrogen (secondary N) is 1. The van der Waals surface area contributed by atoms with Crippen molar-refractivity contribution >= 4 is 11.5 Å². The normalized spacial score (nSPS) is 23.9. The highest BCUT2D eigenvalue weighted by Gasteiger charge is 2.25. The van der Waals surface area contributed by atoms with E-state index >= 15 is 0 Å². The summed E-state index contributed by atoms with van der Waals surface area (Å²) >= 11 is 0. The molecular weight excluding hydrogens is 236 g/mol. The number of nitro groups is 1. The van der Waals surface area contributed by atoms with Crippen molar-refractivity contribution in [3.63, 3.8) is 0 Å². The van der Waals surface area contributed by atoms with Gasteiger partial charge in [-0.1, -0.05) is 0 Å². The molecule has 2 N–H and O–H groups in total. The Balaban J connectivity index is 2.00. The lowest BCUT2D eigenvalue weighted by Gasteiger charge is -2.27. The van der Waals surface area contributed by atoms with Crippen molar-refractivity contribution in [3.8, 4) is 0 Å². The third-order valence-corrected chi connectivity index (χ3v) is 3.45. The second-order valence-corrected chi connectivity index (χ2v) is 4.84. The lowest BCUT2D eigenvalue weighted by Crippen LogP contribution is -2.27. The average molecular weight is 254 g/mol. The van der Waals surface area contributed by atoms with Gasteiger partial charge in [0.15, 0.2) is 0 Å². The molecule has 2 rings (SSSR count). The third kappa shape index (κ3) is 2.79. The van der Waals surface area contributed by atoms with Crippen LogP contribution in [0.3, 0.4) is 0 Å². The molecule has 0 radical (unpaired) electrons. The molecule has 0 aliphatic heterocycles. The van der Waals surface area contributed by atoms with Crippen molar-refractivity contribution in [2.24, 2.45) is 13.0 Å². The molecule has 1 aromatic rings. The quantitative estimate of drug-likeness (QED) is 0.623. The molecule has 18 heavy (non-hydrogen) atoms. The number of aryl methyl sites for hydroxylation is 1. The van der Waals surface area contributed by atoms with Crippen LogP contribution in [0.2, 0.25) is 0 Å². The van der Waals surface area contributed by atoms with Crippen LogP contribution in [0, 0.1) is 16.0 Å². The van der Waals surface area contributed by atoms with E-state index in [4.69, 9.17) is 5.11 Å². The summed E-state index contributed by atoms with van der Waals surface area (Å²) in [7, 11) is 1.67. The first-order valence-corrected chi connectivity index (χ1v) is 6.15. The zero-order valence-electron chi connectivity index (χ0n) is 10.4. The summed E-state index contributed by atoms with van der Waals surface area (Å²) in [5, 5.41) is 27.1. The summed E-state index contributed by atoms with van der Waals surface area (Å²) in [6.45, 7) is 0.233. The van der Waals surface area contributed by atoms with Gasteiger partial charge in [-0.3, -0.25) is 14.8 Å². The van der Waals surface area contributed by atoms with Crippen LogP contribution in [0.15, 0.2) is 6.20 Å². The van der Waals surface area contributed by atoms with Gasteiger partial charge in [-0.15, -0.1) is 5.10 Å². The van der Waals surface area contributed by atoms with Crippen molar-refractivity contribution < 1.29 is 10.0 Å². The molecule has 0 aromatic carbocycles. The topological polar surface area (TPSA) is 93.2 Å². The van der Waals surface area contributed by atoms with Gasteiger partial charge in [0, 0.05) is 19.7 Å². The fraction of sp³-hybridized carbons (Fsp3) is 0.727. The fourth-order valence-electron chi connectivity index (χ4n) is 2.40. The van der Waals surface area contributed by atoms with E-state index in [9.17, 15) is 10.1 Å². The number of aliphatic hydroxyl groups excluding tert-OH is 1. The molecule has 0 spiro atoms. The van der Waals surface area contributed by atoms with Gasteiger partial charge in [0.25, 0.3) is 0 Å². The smallest absolute Gasteiger partial charge is 0.330 e. The van der Waals surface area contributed by atoms with Crippen molar-refractivity contribution in [1.82, 2.24) is 9.78 Å². The number of aromatic nitrogens is 2. The standard InChI is InChI=1S/C11H18N4O3/c1-14-6-10(15(17)18)11(13-14)12-9-4-2-8(7-16)3-5-9/h6,8-9,16H,2-5,7H2,1H3,(H,12,13). The Morgan fingerprint density at radius 1 is 1.56 bits per heavy atom. The molecular formula is C11H18N4O3. The second-order valence-electron chi connectivity index (χ2n) is 4.84. The second kappa shape index (κ2) is 5.34. The van der Waals surface area contributed by atoms with Gasteiger partial charge in [0.05, 0.1) is 4.92 Å². The summed E-state index contributed by atoms with van der Waals surface area (Å²) < 4.78 is 1.44. The van der Waals surface area contributed by atoms with Gasteiger partial charge in [0.2, 0.25) is 5.82 Å². The minimum absolute atomic E-state index is 0.0155. The predicted octanol–water partition coefficient (Wildman–Crippen LogP) is 1.29. The summed E-state index contributed by atoms with van der Waals surface area (Å²) in [6.07, 6.45) is 5.14. The molecule has 100 valence electrons. The van der Waals surface area contributed by atoms with Gasteiger partial charge in [0.1, 0.15) is 6.20 Å². The molecule has 0 amide bonds. The molecule has 1 aliphatic rings. The number of hydrogen-bond donors (Lipinski definition) is 2. The van der Waals surface area contributed by atoms with Gasteiger partial charge < -0.3 is 10.4 Å². The molecule has 0 saturated heterocycles. The minimum atomic E-state index is -0.422. The Hall–Kier alpha value is -1.63. The number of hydrogen-bond acceptors (Lipinski definition) is 5. The summed E-state index contributed by atoms with van der Waals surface area (Å²) in [5.74, 6) is 0.719. The Morgan fingerprint density at radius 3 is 2.78 bits per heavy atom. The van der Waals surface area contributed by atoms with E-state index in [1.165, 1.54) is 10.9 Å². The summed E-state index contributed by atoms with van der Waals surface area (Å²) in [6, 6.07) is 0.210. The number of rotatable bonds is 4. The van der Waals surface area contributed by atoms with Crippen molar-refractivity contribution in [3.05, 3.63) is 16.3 Å². The van der Waals surface area contributed by atoms with Gasteiger partial charge in [-0.2, -0.15) is 0 Å². The van der Waals surface area contributed by atoms with Crippen molar-refractivity contribution in [2.45, 2.75) is 31.7 Å². The molecule has 1 aliphatic carbocycles. The van der Waals surface area contributed by atoms with E-state index in [2.05, 4.69) is 10.4 Å². The third-order valence-electron chi connectivity index (χ3n) is 3.45. The Bertz CT molecular complexity index is 424. The maximum Gasteiger partial charge on any atom is 0.330 e. The number of nitrogens with zero attached hydrogens (tertiary/aromatic N) is 3. The van der Waals surface area contributed by atoms with E-state index in [1.54, 1.807) is 7.05 Å². The molecule has 7 heteroatoms. The molecule has 1 fully saturated rings. The van der Waals surface area contributed by atoms with E-state index in [-0.39, 0.29) is 18.3 Å². The van der Waals surface area contributed by atoms with Crippen LogP contribution in [0.4, 0.5) is 11.5 Å². The van der Waals surface area contributed by atoms with E-state index in [0.717, 1.165) is 25.7 Å². The van der Waals surface area contributed by atoms with Gasteiger partial charge >= 0.3 is 5.69 Å². The fourth-order valence-corrected chi connectivity index (χ4v) is 2.40. The predicted molar refractivity (Wildman–Crippen MR) is 66.3 cm³/mol. The highest BCUT2D eigenvalue weighted by atomic mass is 16.6. The van der Waals surface area contributed by atoms with Crippen LogP contribution in [0.25, 0.3) is 0 Å². The largest absolute Gasteiger partial charge is 0.396 e. The number of anilines is 1. The molecule has 1 heterocycles. The zero-order valence-corrected chi connectivity index (χ0v) is 10.4. The summed E-state index contributed by atoms with van der Waals surface area (Å²) in [4.78, 5) is 10.4. The van der Waals surface area contributed by atoms with Crippen molar-refractivity contribution in [2.75, 3.05) is 11.9 Å². The molecule has 0 unspecified atom stereocenters. The minimum Gasteiger partial charge on any atom is -0.396 e. The SMILES string of the molecule is Cn1cc([N+](=O)[O-])c(NC2CCC(CO)CC2)n1. The molecule has 0 atom stereocenters. The maximum atomic E-state index is 10.9. The van der Waals surface area contributed by atoms with Crippen LogP contribution in [0.1, 0.15) is 25.7 Å². The van der Waals surface area contributed by atoms with Gasteiger partial charge in [-0.05, 0) is 31.6 Å². The Kier molecular flexibility index (Phi) is 3.81. The van der Waals surface area contributed by atoms with Crippen molar-refractivity contribution in [1.29, 1.82) is 0 Å². The lowest BCUT2D eigenvalue weighted by atomic mass is 9.86. The maximum absolute atomic E-state index is 10.9. The van der Waals surface area contributed by atoms with Crippen LogP contribution >= 0.6 is 0 Å². The highest BCUT2D eigenvalue weighted by Crippen LogP contribution is 2.29.